The highest BCUT2D eigenvalue weighted by Crippen LogP contribution is 2.09. The van der Waals surface area contributed by atoms with Crippen LogP contribution in [0.15, 0.2) is 30.3 Å². The predicted molar refractivity (Wildman–Crippen MR) is 45.4 cm³/mol. The van der Waals surface area contributed by atoms with Crippen LogP contribution in [0.4, 0.5) is 4.39 Å². The van der Waals surface area contributed by atoms with Crippen LogP contribution in [0.5, 0.6) is 0 Å². The van der Waals surface area contributed by atoms with Gasteiger partial charge < -0.3 is 0 Å². The molecule has 0 N–H and O–H groups in total. The fourth-order valence-corrected chi connectivity index (χ4v) is 1.05. The van der Waals surface area contributed by atoms with Crippen molar-refractivity contribution in [3.63, 3.8) is 0 Å². The summed E-state index contributed by atoms with van der Waals surface area (Å²) in [7, 11) is 0. The zero-order valence-electron chi connectivity index (χ0n) is 6.96. The van der Waals surface area contributed by atoms with Gasteiger partial charge in [-0.3, -0.25) is 4.79 Å². The normalized spacial score (nSPS) is 12.5. The minimum Gasteiger partial charge on any atom is -0.261 e. The minimum absolute atomic E-state index is 0.482. The number of rotatable bonds is 3. The van der Waals surface area contributed by atoms with Crippen molar-refractivity contribution in [1.29, 1.82) is 0 Å². The molecule has 12 heavy (non-hydrogen) atoms. The number of hydrogen-bond donors (Lipinski definition) is 0. The van der Waals surface area contributed by atoms with Crippen LogP contribution >= 0.6 is 0 Å². The molecule has 0 aromatic heterocycles. The second-order valence-electron chi connectivity index (χ2n) is 2.89. The maximum absolute atomic E-state index is 12.1. The van der Waals surface area contributed by atoms with Crippen LogP contribution in [0.2, 0.25) is 0 Å². The van der Waals surface area contributed by atoms with Gasteiger partial charge in [-0.2, -0.15) is 4.39 Å². The van der Waals surface area contributed by atoms with Crippen molar-refractivity contribution in [2.75, 3.05) is 0 Å². The minimum atomic E-state index is -1.24. The lowest BCUT2D eigenvalue weighted by atomic mass is 10.0. The van der Waals surface area contributed by atoms with Gasteiger partial charge in [0.2, 0.25) is 0 Å². The second kappa shape index (κ2) is 4.00. The molecule has 0 saturated heterocycles. The van der Waals surface area contributed by atoms with Crippen LogP contribution in [0, 0.1) is 5.92 Å². The van der Waals surface area contributed by atoms with E-state index in [1.165, 1.54) is 0 Å². The van der Waals surface area contributed by atoms with E-state index >= 15 is 0 Å². The Hall–Kier alpha value is -1.18. The molecule has 0 radical (unpaired) electrons. The van der Waals surface area contributed by atoms with Crippen LogP contribution in [0.25, 0.3) is 0 Å². The molecule has 1 aromatic rings. The molecule has 0 unspecified atom stereocenters. The Labute approximate surface area is 71.2 Å². The van der Waals surface area contributed by atoms with Crippen LogP contribution < -0.4 is 0 Å². The molecular weight excluding hydrogens is 155 g/mol. The average molecular weight is 166 g/mol. The lowest BCUT2D eigenvalue weighted by Gasteiger charge is -2.03. The first kappa shape index (κ1) is 8.91. The van der Waals surface area contributed by atoms with E-state index in [1.807, 2.05) is 30.3 Å². The first-order valence-electron chi connectivity index (χ1n) is 3.93. The van der Waals surface area contributed by atoms with E-state index < -0.39 is 12.0 Å². The van der Waals surface area contributed by atoms with Gasteiger partial charge in [-0.25, -0.2) is 0 Å². The maximum Gasteiger partial charge on any atom is 0.304 e. The molecule has 0 heterocycles. The summed E-state index contributed by atoms with van der Waals surface area (Å²) in [6, 6.07) is 8.19. The highest BCUT2D eigenvalue weighted by atomic mass is 19.1. The van der Waals surface area contributed by atoms with Gasteiger partial charge in [0.05, 0.1) is 5.92 Å². The summed E-state index contributed by atoms with van der Waals surface area (Å²) in [5.41, 5.74) is 0.996. The first-order chi connectivity index (χ1) is 5.70. The van der Waals surface area contributed by atoms with Crippen molar-refractivity contribution in [1.82, 2.24) is 0 Å². The Morgan fingerprint density at radius 3 is 2.50 bits per heavy atom. The van der Waals surface area contributed by atoms with E-state index in [2.05, 4.69) is 0 Å². The highest BCUT2D eigenvalue weighted by Gasteiger charge is 2.11. The van der Waals surface area contributed by atoms with Crippen molar-refractivity contribution in [2.45, 2.75) is 13.3 Å². The van der Waals surface area contributed by atoms with Gasteiger partial charge in [-0.05, 0) is 12.0 Å². The third-order valence-corrected chi connectivity index (χ3v) is 1.77. The van der Waals surface area contributed by atoms with Gasteiger partial charge in [-0.1, -0.05) is 37.3 Å². The van der Waals surface area contributed by atoms with E-state index in [9.17, 15) is 9.18 Å². The number of carbonyl (C=O) groups is 1. The smallest absolute Gasteiger partial charge is 0.261 e. The lowest BCUT2D eigenvalue weighted by molar-refractivity contribution is -0.132. The molecular formula is C10H11FO. The second-order valence-corrected chi connectivity index (χ2v) is 2.89. The summed E-state index contributed by atoms with van der Waals surface area (Å²) < 4.78 is 12.1. The standard InChI is InChI=1S/C10H11FO/c1-8(10(11)12)7-9-5-3-2-4-6-9/h2-6,8H,7H2,1H3/t8-/m0/s1. The molecule has 1 nitrogen and oxygen atoms in total. The fourth-order valence-electron chi connectivity index (χ4n) is 1.05. The highest BCUT2D eigenvalue weighted by molar-refractivity contribution is 5.70. The van der Waals surface area contributed by atoms with Gasteiger partial charge in [0.15, 0.2) is 0 Å². The summed E-state index contributed by atoms with van der Waals surface area (Å²) in [5, 5.41) is 0. The Bertz CT molecular complexity index is 256. The fraction of sp³-hybridized carbons (Fsp3) is 0.300. The summed E-state index contributed by atoms with van der Waals surface area (Å²) in [6.07, 6.45) is 0.482. The van der Waals surface area contributed by atoms with Gasteiger partial charge in [0.1, 0.15) is 0 Å². The molecule has 2 heteroatoms. The number of benzene rings is 1. The van der Waals surface area contributed by atoms with Crippen LogP contribution in [-0.4, -0.2) is 6.04 Å². The van der Waals surface area contributed by atoms with Crippen LogP contribution in [0.1, 0.15) is 12.5 Å². The molecule has 0 aliphatic heterocycles. The summed E-state index contributed by atoms with van der Waals surface area (Å²) in [4.78, 5) is 10.3. The SMILES string of the molecule is C[C@@H](Cc1ccccc1)C(=O)F. The summed E-state index contributed by atoms with van der Waals surface area (Å²) >= 11 is 0. The van der Waals surface area contributed by atoms with Crippen LogP contribution in [0.3, 0.4) is 0 Å². The lowest BCUT2D eigenvalue weighted by Crippen LogP contribution is -2.07. The molecule has 0 fully saturated rings. The van der Waals surface area contributed by atoms with E-state index in [-0.39, 0.29) is 0 Å². The first-order valence-corrected chi connectivity index (χ1v) is 3.93. The van der Waals surface area contributed by atoms with E-state index in [1.54, 1.807) is 6.92 Å². The molecule has 0 amide bonds. The van der Waals surface area contributed by atoms with E-state index in [4.69, 9.17) is 0 Å². The Morgan fingerprint density at radius 2 is 2.00 bits per heavy atom. The van der Waals surface area contributed by atoms with Gasteiger partial charge in [-0.15, -0.1) is 0 Å². The van der Waals surface area contributed by atoms with Crippen molar-refractivity contribution < 1.29 is 9.18 Å². The monoisotopic (exact) mass is 166 g/mol. The molecule has 0 aliphatic rings. The van der Waals surface area contributed by atoms with Gasteiger partial charge in [0, 0.05) is 0 Å². The zero-order valence-corrected chi connectivity index (χ0v) is 6.96. The van der Waals surface area contributed by atoms with Crippen molar-refractivity contribution >= 4 is 6.04 Å². The quantitative estimate of drug-likeness (QED) is 0.630. The van der Waals surface area contributed by atoms with Crippen molar-refractivity contribution in [3.8, 4) is 0 Å². The van der Waals surface area contributed by atoms with E-state index in [0.29, 0.717) is 6.42 Å². The maximum atomic E-state index is 12.1. The average Bonchev–Trinajstić information content (AvgIpc) is 2.06. The molecule has 1 rings (SSSR count). The number of halogens is 1. The van der Waals surface area contributed by atoms with Gasteiger partial charge >= 0.3 is 6.04 Å². The molecule has 1 aromatic carbocycles. The molecule has 0 saturated carbocycles. The Morgan fingerprint density at radius 1 is 1.42 bits per heavy atom. The topological polar surface area (TPSA) is 17.1 Å². The third-order valence-electron chi connectivity index (χ3n) is 1.77. The molecule has 64 valence electrons. The molecule has 1 atom stereocenters. The molecule has 0 aliphatic carbocycles. The van der Waals surface area contributed by atoms with E-state index in [0.717, 1.165) is 5.56 Å². The Kier molecular flexibility index (Phi) is 2.97. The molecule has 0 bridgehead atoms. The van der Waals surface area contributed by atoms with Gasteiger partial charge in [0.25, 0.3) is 0 Å². The zero-order chi connectivity index (χ0) is 8.97. The summed E-state index contributed by atoms with van der Waals surface area (Å²) in [5.74, 6) is -0.521. The van der Waals surface area contributed by atoms with Crippen molar-refractivity contribution in [3.05, 3.63) is 35.9 Å². The predicted octanol–water partition coefficient (Wildman–Crippen LogP) is 2.36. The number of carbonyl (C=O) groups excluding carboxylic acids is 1. The largest absolute Gasteiger partial charge is 0.304 e. The van der Waals surface area contributed by atoms with Crippen molar-refractivity contribution in [2.24, 2.45) is 5.92 Å². The molecule has 0 spiro atoms. The van der Waals surface area contributed by atoms with Crippen LogP contribution in [-0.2, 0) is 11.2 Å². The Balaban J connectivity index is 2.58. The third kappa shape index (κ3) is 2.46. The summed E-state index contributed by atoms with van der Waals surface area (Å²) in [6.45, 7) is 1.59. The number of hydrogen-bond acceptors (Lipinski definition) is 1.